The molecule has 0 bridgehead atoms. The Kier molecular flexibility index (Phi) is 9.81. The van der Waals surface area contributed by atoms with Crippen LogP contribution in [0.25, 0.3) is 0 Å². The van der Waals surface area contributed by atoms with Crippen LogP contribution in [0.5, 0.6) is 0 Å². The van der Waals surface area contributed by atoms with Crippen LogP contribution in [0.3, 0.4) is 0 Å². The van der Waals surface area contributed by atoms with E-state index in [4.69, 9.17) is 0 Å². The molecule has 1 heterocycles. The van der Waals surface area contributed by atoms with Crippen molar-refractivity contribution in [2.45, 2.75) is 44.6 Å². The molecule has 0 radical (unpaired) electrons. The number of hydrogen-bond acceptors (Lipinski definition) is 2. The highest BCUT2D eigenvalue weighted by atomic mass is 35.5. The number of likely N-dealkylation sites (tertiary alicyclic amines) is 1. The molecule has 0 amide bonds. The van der Waals surface area contributed by atoms with Gasteiger partial charge >= 0.3 is 0 Å². The third kappa shape index (κ3) is 6.22. The van der Waals surface area contributed by atoms with Crippen molar-refractivity contribution in [3.63, 3.8) is 0 Å². The largest absolute Gasteiger partial charge is 0.310 e. The zero-order valence-corrected chi connectivity index (χ0v) is 18.3. The minimum absolute atomic E-state index is 0. The summed E-state index contributed by atoms with van der Waals surface area (Å²) in [4.78, 5) is 2.67. The molecule has 1 aliphatic carbocycles. The number of nitrogens with one attached hydrogen (secondary N) is 1. The fourth-order valence-electron chi connectivity index (χ4n) is 4.71. The summed E-state index contributed by atoms with van der Waals surface area (Å²) < 4.78 is 0. The third-order valence-electron chi connectivity index (χ3n) is 6.25. The van der Waals surface area contributed by atoms with Gasteiger partial charge in [-0.3, -0.25) is 0 Å². The van der Waals surface area contributed by atoms with Crippen LogP contribution in [0, 0.1) is 5.92 Å². The highest BCUT2D eigenvalue weighted by Crippen LogP contribution is 2.30. The normalized spacial score (nSPS) is 19.5. The number of nitrogens with zero attached hydrogens (tertiary/aromatic N) is 1. The van der Waals surface area contributed by atoms with Crippen molar-refractivity contribution in [3.8, 4) is 0 Å². The van der Waals surface area contributed by atoms with Gasteiger partial charge in [0.05, 0.1) is 0 Å². The quantitative estimate of drug-likeness (QED) is 0.598. The average molecular weight is 421 g/mol. The smallest absolute Gasteiger partial charge is 0.0326 e. The third-order valence-corrected chi connectivity index (χ3v) is 6.25. The van der Waals surface area contributed by atoms with E-state index in [1.165, 1.54) is 69.3 Å². The second-order valence-electron chi connectivity index (χ2n) is 8.07. The van der Waals surface area contributed by atoms with Crippen molar-refractivity contribution in [1.29, 1.82) is 0 Å². The molecule has 1 N–H and O–H groups in total. The predicted molar refractivity (Wildman–Crippen MR) is 124 cm³/mol. The number of aryl methyl sites for hydroxylation is 1. The molecule has 28 heavy (non-hydrogen) atoms. The summed E-state index contributed by atoms with van der Waals surface area (Å²) in [6.45, 7) is 4.95. The number of piperidine rings is 1. The Morgan fingerprint density at radius 1 is 0.857 bits per heavy atom. The highest BCUT2D eigenvalue weighted by Gasteiger charge is 2.22. The van der Waals surface area contributed by atoms with E-state index in [1.807, 2.05) is 0 Å². The van der Waals surface area contributed by atoms with E-state index >= 15 is 0 Å². The molecule has 1 atom stereocenters. The van der Waals surface area contributed by atoms with E-state index in [2.05, 4.69) is 64.8 Å². The highest BCUT2D eigenvalue weighted by molar-refractivity contribution is 5.85. The molecule has 1 aliphatic heterocycles. The van der Waals surface area contributed by atoms with Crippen LogP contribution in [0.1, 0.15) is 48.4 Å². The summed E-state index contributed by atoms with van der Waals surface area (Å²) in [5, 5.41) is 3.79. The molecule has 0 saturated carbocycles. The van der Waals surface area contributed by atoms with Gasteiger partial charge in [-0.1, -0.05) is 54.6 Å². The van der Waals surface area contributed by atoms with E-state index in [1.54, 1.807) is 5.56 Å². The van der Waals surface area contributed by atoms with Crippen LogP contribution in [0.15, 0.2) is 54.6 Å². The van der Waals surface area contributed by atoms with Gasteiger partial charge in [-0.15, -0.1) is 24.8 Å². The molecule has 0 aromatic heterocycles. The molecule has 2 nitrogen and oxygen atoms in total. The summed E-state index contributed by atoms with van der Waals surface area (Å²) in [5.41, 5.74) is 4.59. The molecule has 1 saturated heterocycles. The van der Waals surface area contributed by atoms with E-state index in [-0.39, 0.29) is 24.8 Å². The minimum atomic E-state index is 0. The summed E-state index contributed by atoms with van der Waals surface area (Å²) in [5.74, 6) is 0.877. The van der Waals surface area contributed by atoms with Crippen LogP contribution in [-0.4, -0.2) is 31.1 Å². The Hall–Kier alpha value is -1.06. The average Bonchev–Trinajstić information content (AvgIpc) is 3.11. The molecule has 4 rings (SSSR count). The number of halogens is 2. The first-order valence-corrected chi connectivity index (χ1v) is 10.5. The SMILES string of the molecule is Cl.Cl.c1ccc(CC2CCN(CCCNC3CCc4ccccc43)CC2)cc1. The Morgan fingerprint density at radius 2 is 1.57 bits per heavy atom. The zero-order valence-electron chi connectivity index (χ0n) is 16.7. The first-order chi connectivity index (χ1) is 12.9. The molecule has 1 fully saturated rings. The van der Waals surface area contributed by atoms with E-state index in [9.17, 15) is 0 Å². The minimum Gasteiger partial charge on any atom is -0.310 e. The van der Waals surface area contributed by atoms with Crippen LogP contribution in [0.4, 0.5) is 0 Å². The second kappa shape index (κ2) is 11.8. The van der Waals surface area contributed by atoms with Crippen molar-refractivity contribution in [2.24, 2.45) is 5.92 Å². The fourth-order valence-corrected chi connectivity index (χ4v) is 4.71. The maximum atomic E-state index is 3.79. The van der Waals surface area contributed by atoms with Crippen molar-refractivity contribution >= 4 is 24.8 Å². The van der Waals surface area contributed by atoms with Crippen molar-refractivity contribution in [2.75, 3.05) is 26.2 Å². The van der Waals surface area contributed by atoms with Gasteiger partial charge in [0.25, 0.3) is 0 Å². The van der Waals surface area contributed by atoms with Crippen molar-refractivity contribution < 1.29 is 0 Å². The summed E-state index contributed by atoms with van der Waals surface area (Å²) >= 11 is 0. The Morgan fingerprint density at radius 3 is 2.36 bits per heavy atom. The maximum absolute atomic E-state index is 3.79. The van der Waals surface area contributed by atoms with Gasteiger partial charge in [0.2, 0.25) is 0 Å². The lowest BCUT2D eigenvalue weighted by molar-refractivity contribution is 0.181. The Bertz CT molecular complexity index is 684. The molecular formula is C24H34Cl2N2. The number of fused-ring (bicyclic) bond motifs is 1. The van der Waals surface area contributed by atoms with Gasteiger partial charge in [-0.05, 0) is 87.3 Å². The monoisotopic (exact) mass is 420 g/mol. The van der Waals surface area contributed by atoms with Crippen molar-refractivity contribution in [1.82, 2.24) is 10.2 Å². The number of benzene rings is 2. The molecule has 4 heteroatoms. The first-order valence-electron chi connectivity index (χ1n) is 10.5. The number of rotatable bonds is 7. The van der Waals surface area contributed by atoms with Gasteiger partial charge in [0.1, 0.15) is 0 Å². The molecule has 1 unspecified atom stereocenters. The predicted octanol–water partition coefficient (Wildman–Crippen LogP) is 5.45. The van der Waals surface area contributed by atoms with Gasteiger partial charge in [-0.25, -0.2) is 0 Å². The molecule has 2 aromatic carbocycles. The van der Waals surface area contributed by atoms with Gasteiger partial charge in [-0.2, -0.15) is 0 Å². The lowest BCUT2D eigenvalue weighted by Gasteiger charge is -2.32. The Labute approximate surface area is 182 Å². The Balaban J connectivity index is 0.00000140. The molecule has 0 spiro atoms. The molecular weight excluding hydrogens is 387 g/mol. The zero-order chi connectivity index (χ0) is 17.6. The topological polar surface area (TPSA) is 15.3 Å². The van der Waals surface area contributed by atoms with Crippen LogP contribution in [0.2, 0.25) is 0 Å². The summed E-state index contributed by atoms with van der Waals surface area (Å²) in [6, 6.07) is 20.5. The molecule has 2 aliphatic rings. The first kappa shape index (κ1) is 23.2. The summed E-state index contributed by atoms with van der Waals surface area (Å²) in [6.07, 6.45) is 7.75. The fraction of sp³-hybridized carbons (Fsp3) is 0.500. The van der Waals surface area contributed by atoms with Crippen LogP contribution < -0.4 is 5.32 Å². The lowest BCUT2D eigenvalue weighted by Crippen LogP contribution is -2.36. The maximum Gasteiger partial charge on any atom is 0.0326 e. The van der Waals surface area contributed by atoms with Crippen LogP contribution >= 0.6 is 24.8 Å². The second-order valence-corrected chi connectivity index (χ2v) is 8.07. The van der Waals surface area contributed by atoms with Gasteiger partial charge < -0.3 is 10.2 Å². The van der Waals surface area contributed by atoms with E-state index < -0.39 is 0 Å². The van der Waals surface area contributed by atoms with E-state index in [0.29, 0.717) is 6.04 Å². The van der Waals surface area contributed by atoms with Crippen molar-refractivity contribution in [3.05, 3.63) is 71.3 Å². The molecule has 2 aromatic rings. The van der Waals surface area contributed by atoms with Gasteiger partial charge in [0.15, 0.2) is 0 Å². The lowest BCUT2D eigenvalue weighted by atomic mass is 9.90. The number of hydrogen-bond donors (Lipinski definition) is 1. The molecule has 154 valence electrons. The van der Waals surface area contributed by atoms with E-state index in [0.717, 1.165) is 12.5 Å². The van der Waals surface area contributed by atoms with Gasteiger partial charge in [0, 0.05) is 6.04 Å². The standard InChI is InChI=1S/C24H32N2.2ClH/c1-2-7-20(8-3-1)19-21-13-17-26(18-14-21)16-6-15-25-24-12-11-22-9-4-5-10-23(22)24;;/h1-5,7-10,21,24-25H,6,11-19H2;2*1H. The van der Waals surface area contributed by atoms with Crippen LogP contribution in [-0.2, 0) is 12.8 Å². The summed E-state index contributed by atoms with van der Waals surface area (Å²) in [7, 11) is 0.